The summed E-state index contributed by atoms with van der Waals surface area (Å²) in [7, 11) is -0.387. The molecular formula is C21H44O3Si. The Hall–Kier alpha value is -0.353. The Morgan fingerprint density at radius 3 is 1.84 bits per heavy atom. The number of carbonyl (C=O) groups excluding carboxylic acids is 1. The van der Waals surface area contributed by atoms with Crippen LogP contribution in [0.5, 0.6) is 0 Å². The quantitative estimate of drug-likeness (QED) is 0.190. The van der Waals surface area contributed by atoms with E-state index in [2.05, 4.69) is 40.8 Å². The van der Waals surface area contributed by atoms with Crippen molar-refractivity contribution in [2.45, 2.75) is 123 Å². The standard InChI is InChI=1S/C21H44O3Si/c1-8-9-10-11-12-13-14-15-16-17-19(18-20(22)23-5)24-25(6,7)21(2,3)4/h19H,8-18H2,1-7H3/t19-/m0/s1. The van der Waals surface area contributed by atoms with Crippen molar-refractivity contribution in [2.24, 2.45) is 0 Å². The van der Waals surface area contributed by atoms with Crippen molar-refractivity contribution in [1.82, 2.24) is 0 Å². The van der Waals surface area contributed by atoms with E-state index >= 15 is 0 Å². The summed E-state index contributed by atoms with van der Waals surface area (Å²) < 4.78 is 11.4. The summed E-state index contributed by atoms with van der Waals surface area (Å²) in [6.45, 7) is 13.5. The van der Waals surface area contributed by atoms with Crippen molar-refractivity contribution >= 4 is 14.3 Å². The van der Waals surface area contributed by atoms with E-state index in [-0.39, 0.29) is 17.1 Å². The van der Waals surface area contributed by atoms with Crippen molar-refractivity contribution in [3.05, 3.63) is 0 Å². The summed E-state index contributed by atoms with van der Waals surface area (Å²) >= 11 is 0. The maximum absolute atomic E-state index is 11.7. The molecule has 0 saturated heterocycles. The Kier molecular flexibility index (Phi) is 12.7. The number of hydrogen-bond donors (Lipinski definition) is 0. The predicted octanol–water partition coefficient (Wildman–Crippen LogP) is 6.86. The van der Waals surface area contributed by atoms with E-state index in [1.807, 2.05) is 0 Å². The number of rotatable bonds is 14. The molecule has 0 unspecified atom stereocenters. The second-order valence-corrected chi connectivity index (χ2v) is 13.7. The number of esters is 1. The first-order chi connectivity index (χ1) is 11.6. The van der Waals surface area contributed by atoms with Crippen molar-refractivity contribution in [3.63, 3.8) is 0 Å². The van der Waals surface area contributed by atoms with Crippen molar-refractivity contribution in [1.29, 1.82) is 0 Å². The Balaban J connectivity index is 4.18. The van der Waals surface area contributed by atoms with Crippen LogP contribution in [0.1, 0.15) is 98.3 Å². The number of carbonyl (C=O) groups is 1. The molecule has 0 radical (unpaired) electrons. The third kappa shape index (κ3) is 11.8. The van der Waals surface area contributed by atoms with Gasteiger partial charge in [-0.2, -0.15) is 0 Å². The predicted molar refractivity (Wildman–Crippen MR) is 111 cm³/mol. The first-order valence-electron chi connectivity index (χ1n) is 10.4. The van der Waals surface area contributed by atoms with Crippen LogP contribution in [0.25, 0.3) is 0 Å². The van der Waals surface area contributed by atoms with Gasteiger partial charge in [0.1, 0.15) is 0 Å². The van der Waals surface area contributed by atoms with Gasteiger partial charge in [-0.15, -0.1) is 0 Å². The highest BCUT2D eigenvalue weighted by Gasteiger charge is 2.39. The fourth-order valence-electron chi connectivity index (χ4n) is 2.75. The summed E-state index contributed by atoms with van der Waals surface area (Å²) in [4.78, 5) is 11.7. The van der Waals surface area contributed by atoms with Gasteiger partial charge in [0, 0.05) is 0 Å². The molecule has 1 atom stereocenters. The minimum Gasteiger partial charge on any atom is -0.469 e. The minimum atomic E-state index is -1.85. The van der Waals surface area contributed by atoms with Gasteiger partial charge in [0.05, 0.1) is 19.6 Å². The van der Waals surface area contributed by atoms with Crippen LogP contribution in [-0.2, 0) is 14.0 Å². The monoisotopic (exact) mass is 372 g/mol. The normalized spacial score (nSPS) is 13.7. The van der Waals surface area contributed by atoms with Gasteiger partial charge >= 0.3 is 5.97 Å². The molecule has 3 nitrogen and oxygen atoms in total. The maximum atomic E-state index is 11.7. The number of ether oxygens (including phenoxy) is 1. The molecule has 0 aromatic rings. The van der Waals surface area contributed by atoms with E-state index in [1.165, 1.54) is 58.5 Å². The molecule has 0 aliphatic carbocycles. The Morgan fingerprint density at radius 1 is 0.920 bits per heavy atom. The van der Waals surface area contributed by atoms with Crippen LogP contribution in [0.15, 0.2) is 0 Å². The van der Waals surface area contributed by atoms with Gasteiger partial charge in [0.25, 0.3) is 0 Å². The van der Waals surface area contributed by atoms with Gasteiger partial charge in [-0.3, -0.25) is 4.79 Å². The van der Waals surface area contributed by atoms with E-state index < -0.39 is 8.32 Å². The Bertz CT molecular complexity index is 348. The van der Waals surface area contributed by atoms with Gasteiger partial charge in [-0.05, 0) is 24.6 Å². The smallest absolute Gasteiger partial charge is 0.308 e. The molecule has 0 heterocycles. The van der Waals surface area contributed by atoms with Gasteiger partial charge < -0.3 is 9.16 Å². The lowest BCUT2D eigenvalue weighted by Gasteiger charge is -2.39. The average molecular weight is 373 g/mol. The van der Waals surface area contributed by atoms with Crippen LogP contribution in [-0.4, -0.2) is 27.5 Å². The van der Waals surface area contributed by atoms with Crippen LogP contribution >= 0.6 is 0 Å². The van der Waals surface area contributed by atoms with Gasteiger partial charge in [-0.25, -0.2) is 0 Å². The zero-order valence-electron chi connectivity index (χ0n) is 18.1. The summed E-state index contributed by atoms with van der Waals surface area (Å²) in [5.74, 6) is -0.153. The van der Waals surface area contributed by atoms with E-state index in [9.17, 15) is 4.79 Å². The zero-order valence-corrected chi connectivity index (χ0v) is 19.1. The summed E-state index contributed by atoms with van der Waals surface area (Å²) in [6, 6.07) is 0. The lowest BCUT2D eigenvalue weighted by molar-refractivity contribution is -0.142. The van der Waals surface area contributed by atoms with E-state index in [4.69, 9.17) is 9.16 Å². The second-order valence-electron chi connectivity index (χ2n) is 8.90. The minimum absolute atomic E-state index is 0.0119. The van der Waals surface area contributed by atoms with E-state index in [1.54, 1.807) is 0 Å². The van der Waals surface area contributed by atoms with Crippen LogP contribution < -0.4 is 0 Å². The molecule has 0 fully saturated rings. The van der Waals surface area contributed by atoms with Crippen molar-refractivity contribution < 1.29 is 14.0 Å². The first-order valence-corrected chi connectivity index (χ1v) is 13.3. The van der Waals surface area contributed by atoms with Gasteiger partial charge in [0.15, 0.2) is 8.32 Å². The molecule has 0 spiro atoms. The highest BCUT2D eigenvalue weighted by atomic mass is 28.4. The fraction of sp³-hybridized carbons (Fsp3) is 0.952. The number of methoxy groups -OCH3 is 1. The highest BCUT2D eigenvalue weighted by Crippen LogP contribution is 2.38. The van der Waals surface area contributed by atoms with Crippen LogP contribution in [0, 0.1) is 0 Å². The topological polar surface area (TPSA) is 35.5 Å². The molecule has 0 aromatic heterocycles. The Labute approximate surface area is 158 Å². The molecule has 0 rings (SSSR count). The molecular weight excluding hydrogens is 328 g/mol. The van der Waals surface area contributed by atoms with E-state index in [0.29, 0.717) is 6.42 Å². The number of unbranched alkanes of at least 4 members (excludes halogenated alkanes) is 8. The molecule has 25 heavy (non-hydrogen) atoms. The summed E-state index contributed by atoms with van der Waals surface area (Å²) in [6.07, 6.45) is 13.2. The molecule has 0 bridgehead atoms. The summed E-state index contributed by atoms with van der Waals surface area (Å²) in [5.41, 5.74) is 0. The third-order valence-corrected chi connectivity index (χ3v) is 10.1. The molecule has 150 valence electrons. The summed E-state index contributed by atoms with van der Waals surface area (Å²) in [5, 5.41) is 0.167. The second kappa shape index (κ2) is 12.9. The van der Waals surface area contributed by atoms with Crippen LogP contribution in [0.4, 0.5) is 0 Å². The van der Waals surface area contributed by atoms with Crippen molar-refractivity contribution in [2.75, 3.05) is 7.11 Å². The molecule has 4 heteroatoms. The lowest BCUT2D eigenvalue weighted by Crippen LogP contribution is -2.44. The highest BCUT2D eigenvalue weighted by molar-refractivity contribution is 6.74. The van der Waals surface area contributed by atoms with Crippen molar-refractivity contribution in [3.8, 4) is 0 Å². The third-order valence-electron chi connectivity index (χ3n) is 5.52. The van der Waals surface area contributed by atoms with Gasteiger partial charge in [-0.1, -0.05) is 85.5 Å². The molecule has 0 aromatic carbocycles. The lowest BCUT2D eigenvalue weighted by atomic mass is 10.0. The molecule has 0 amide bonds. The molecule has 0 aliphatic rings. The Morgan fingerprint density at radius 2 is 1.40 bits per heavy atom. The average Bonchev–Trinajstić information content (AvgIpc) is 2.51. The molecule has 0 N–H and O–H groups in total. The molecule has 0 saturated carbocycles. The largest absolute Gasteiger partial charge is 0.469 e. The van der Waals surface area contributed by atoms with E-state index in [0.717, 1.165) is 12.8 Å². The van der Waals surface area contributed by atoms with Crippen LogP contribution in [0.2, 0.25) is 18.1 Å². The number of hydrogen-bond acceptors (Lipinski definition) is 3. The molecule has 0 aliphatic heterocycles. The van der Waals surface area contributed by atoms with Gasteiger partial charge in [0.2, 0.25) is 0 Å². The zero-order chi connectivity index (χ0) is 19.3. The first kappa shape index (κ1) is 24.6. The maximum Gasteiger partial charge on any atom is 0.308 e. The van der Waals surface area contributed by atoms with Crippen LogP contribution in [0.3, 0.4) is 0 Å². The SMILES string of the molecule is CCCCCCCCCCC[C@@H](CC(=O)OC)O[Si](C)(C)C(C)(C)C. The fourth-order valence-corrected chi connectivity index (χ4v) is 4.14.